The SMILES string of the molecule is O=C(CNC(=O)c1cccs1)NCC(=O)N[C@@H]1CCCc2ccccc21. The lowest BCUT2D eigenvalue weighted by molar-refractivity contribution is -0.126. The normalized spacial score (nSPS) is 15.6. The highest BCUT2D eigenvalue weighted by Crippen LogP contribution is 2.29. The Bertz CT molecular complexity index is 789. The minimum Gasteiger partial charge on any atom is -0.348 e. The zero-order valence-electron chi connectivity index (χ0n) is 14.3. The molecule has 0 saturated carbocycles. The molecule has 3 N–H and O–H groups in total. The summed E-state index contributed by atoms with van der Waals surface area (Å²) >= 11 is 1.31. The molecule has 0 bridgehead atoms. The number of fused-ring (bicyclic) bond motifs is 1. The van der Waals surface area contributed by atoms with Crippen LogP contribution in [0.4, 0.5) is 0 Å². The van der Waals surface area contributed by atoms with Crippen LogP contribution in [0.25, 0.3) is 0 Å². The van der Waals surface area contributed by atoms with Crippen molar-refractivity contribution >= 4 is 29.1 Å². The maximum absolute atomic E-state index is 12.1. The van der Waals surface area contributed by atoms with Gasteiger partial charge in [0, 0.05) is 0 Å². The van der Waals surface area contributed by atoms with E-state index >= 15 is 0 Å². The van der Waals surface area contributed by atoms with Gasteiger partial charge in [0.1, 0.15) is 0 Å². The summed E-state index contributed by atoms with van der Waals surface area (Å²) in [4.78, 5) is 36.3. The van der Waals surface area contributed by atoms with Gasteiger partial charge in [-0.2, -0.15) is 0 Å². The van der Waals surface area contributed by atoms with Gasteiger partial charge < -0.3 is 16.0 Å². The summed E-state index contributed by atoms with van der Waals surface area (Å²) in [6.45, 7) is -0.261. The van der Waals surface area contributed by atoms with Crippen LogP contribution in [0.1, 0.15) is 39.7 Å². The van der Waals surface area contributed by atoms with Gasteiger partial charge in [-0.05, 0) is 41.8 Å². The average molecular weight is 371 g/mol. The van der Waals surface area contributed by atoms with Gasteiger partial charge in [0.25, 0.3) is 5.91 Å². The van der Waals surface area contributed by atoms with Crippen molar-refractivity contribution < 1.29 is 14.4 Å². The lowest BCUT2D eigenvalue weighted by Crippen LogP contribution is -2.43. The Morgan fingerprint density at radius 2 is 1.81 bits per heavy atom. The first-order valence-electron chi connectivity index (χ1n) is 8.59. The Kier molecular flexibility index (Phi) is 6.01. The van der Waals surface area contributed by atoms with Crippen molar-refractivity contribution in [2.45, 2.75) is 25.3 Å². The van der Waals surface area contributed by atoms with E-state index in [1.807, 2.05) is 18.2 Å². The van der Waals surface area contributed by atoms with Crippen LogP contribution in [0.3, 0.4) is 0 Å². The number of amides is 3. The zero-order valence-corrected chi connectivity index (χ0v) is 15.1. The quantitative estimate of drug-likeness (QED) is 0.723. The summed E-state index contributed by atoms with van der Waals surface area (Å²) in [6, 6.07) is 11.6. The van der Waals surface area contributed by atoms with Crippen molar-refractivity contribution in [2.75, 3.05) is 13.1 Å². The van der Waals surface area contributed by atoms with Crippen LogP contribution in [-0.4, -0.2) is 30.8 Å². The predicted octanol–water partition coefficient (Wildman–Crippen LogP) is 1.79. The molecule has 26 heavy (non-hydrogen) atoms. The molecule has 1 atom stereocenters. The molecule has 3 rings (SSSR count). The second-order valence-corrected chi connectivity index (χ2v) is 7.10. The Morgan fingerprint density at radius 3 is 2.62 bits per heavy atom. The largest absolute Gasteiger partial charge is 0.348 e. The molecular weight excluding hydrogens is 350 g/mol. The Labute approximate surface area is 156 Å². The van der Waals surface area contributed by atoms with Crippen LogP contribution in [0.5, 0.6) is 0 Å². The summed E-state index contributed by atoms with van der Waals surface area (Å²) in [5.74, 6) is -0.919. The Hall–Kier alpha value is -2.67. The molecular formula is C19H21N3O3S. The third-order valence-electron chi connectivity index (χ3n) is 4.31. The molecule has 1 aliphatic rings. The highest BCUT2D eigenvalue weighted by atomic mass is 32.1. The number of hydrogen-bond donors (Lipinski definition) is 3. The summed E-state index contributed by atoms with van der Waals surface area (Å²) in [5, 5.41) is 9.84. The van der Waals surface area contributed by atoms with Gasteiger partial charge in [-0.25, -0.2) is 0 Å². The molecule has 136 valence electrons. The third kappa shape index (κ3) is 4.70. The number of benzene rings is 1. The molecule has 0 saturated heterocycles. The molecule has 0 aliphatic heterocycles. The summed E-state index contributed by atoms with van der Waals surface area (Å²) < 4.78 is 0. The van der Waals surface area contributed by atoms with Gasteiger partial charge in [-0.3, -0.25) is 14.4 Å². The van der Waals surface area contributed by atoms with Crippen LogP contribution in [0, 0.1) is 0 Å². The summed E-state index contributed by atoms with van der Waals surface area (Å²) in [5.41, 5.74) is 2.42. The van der Waals surface area contributed by atoms with E-state index in [0.717, 1.165) is 24.8 Å². The van der Waals surface area contributed by atoms with Crippen molar-refractivity contribution in [2.24, 2.45) is 0 Å². The number of carbonyl (C=O) groups is 3. The van der Waals surface area contributed by atoms with Crippen molar-refractivity contribution in [3.63, 3.8) is 0 Å². The second kappa shape index (κ2) is 8.62. The van der Waals surface area contributed by atoms with Crippen LogP contribution in [0.15, 0.2) is 41.8 Å². The molecule has 3 amide bonds. The van der Waals surface area contributed by atoms with E-state index in [1.54, 1.807) is 17.5 Å². The molecule has 1 aliphatic carbocycles. The molecule has 1 aromatic carbocycles. The minimum atomic E-state index is -0.394. The lowest BCUT2D eigenvalue weighted by Gasteiger charge is -2.26. The molecule has 0 spiro atoms. The number of carbonyl (C=O) groups excluding carboxylic acids is 3. The highest BCUT2D eigenvalue weighted by molar-refractivity contribution is 7.12. The van der Waals surface area contributed by atoms with E-state index in [4.69, 9.17) is 0 Å². The topological polar surface area (TPSA) is 87.3 Å². The number of thiophene rings is 1. The monoisotopic (exact) mass is 371 g/mol. The fourth-order valence-electron chi connectivity index (χ4n) is 3.05. The van der Waals surface area contributed by atoms with E-state index in [0.29, 0.717) is 4.88 Å². The number of rotatable bonds is 6. The van der Waals surface area contributed by atoms with E-state index < -0.39 is 5.91 Å². The van der Waals surface area contributed by atoms with Gasteiger partial charge in [0.05, 0.1) is 24.0 Å². The second-order valence-electron chi connectivity index (χ2n) is 6.15. The van der Waals surface area contributed by atoms with Crippen LogP contribution < -0.4 is 16.0 Å². The fourth-order valence-corrected chi connectivity index (χ4v) is 3.69. The predicted molar refractivity (Wildman–Crippen MR) is 99.9 cm³/mol. The van der Waals surface area contributed by atoms with Gasteiger partial charge in [0.2, 0.25) is 11.8 Å². The molecule has 0 unspecified atom stereocenters. The fraction of sp³-hybridized carbons (Fsp3) is 0.316. The van der Waals surface area contributed by atoms with Crippen LogP contribution >= 0.6 is 11.3 Å². The standard InChI is InChI=1S/C19H21N3O3S/c23-17(11-21-19(25)16-9-4-10-26-16)20-12-18(24)22-15-8-3-6-13-5-1-2-7-14(13)15/h1-2,4-5,7,9-10,15H,3,6,8,11-12H2,(H,20,23)(H,21,25)(H,22,24)/t15-/m1/s1. The van der Waals surface area contributed by atoms with Crippen molar-refractivity contribution in [3.8, 4) is 0 Å². The summed E-state index contributed by atoms with van der Waals surface area (Å²) in [6.07, 6.45) is 2.96. The van der Waals surface area contributed by atoms with Gasteiger partial charge in [-0.15, -0.1) is 11.3 Å². The minimum absolute atomic E-state index is 0.0112. The van der Waals surface area contributed by atoms with E-state index in [2.05, 4.69) is 22.0 Å². The van der Waals surface area contributed by atoms with Crippen molar-refractivity contribution in [3.05, 3.63) is 57.8 Å². The highest BCUT2D eigenvalue weighted by Gasteiger charge is 2.21. The zero-order chi connectivity index (χ0) is 18.4. The maximum Gasteiger partial charge on any atom is 0.261 e. The first-order chi connectivity index (χ1) is 12.6. The number of nitrogens with one attached hydrogen (secondary N) is 3. The molecule has 1 heterocycles. The van der Waals surface area contributed by atoms with Gasteiger partial charge >= 0.3 is 0 Å². The maximum atomic E-state index is 12.1. The molecule has 0 fully saturated rings. The van der Waals surface area contributed by atoms with E-state index in [9.17, 15) is 14.4 Å². The van der Waals surface area contributed by atoms with Crippen LogP contribution in [0.2, 0.25) is 0 Å². The van der Waals surface area contributed by atoms with E-state index in [1.165, 1.54) is 16.9 Å². The van der Waals surface area contributed by atoms with Crippen molar-refractivity contribution in [1.29, 1.82) is 0 Å². The first kappa shape index (κ1) is 18.1. The first-order valence-corrected chi connectivity index (χ1v) is 9.47. The number of aryl methyl sites for hydroxylation is 1. The Morgan fingerprint density at radius 1 is 1.00 bits per heavy atom. The average Bonchev–Trinajstić information content (AvgIpc) is 3.19. The molecule has 1 aromatic heterocycles. The van der Waals surface area contributed by atoms with Crippen LogP contribution in [-0.2, 0) is 16.0 Å². The Balaban J connectivity index is 1.42. The summed E-state index contributed by atoms with van der Waals surface area (Å²) in [7, 11) is 0. The third-order valence-corrected chi connectivity index (χ3v) is 5.17. The van der Waals surface area contributed by atoms with Gasteiger partial charge in [0.15, 0.2) is 0 Å². The molecule has 7 heteroatoms. The van der Waals surface area contributed by atoms with Crippen molar-refractivity contribution in [1.82, 2.24) is 16.0 Å². The van der Waals surface area contributed by atoms with E-state index in [-0.39, 0.29) is 30.9 Å². The lowest BCUT2D eigenvalue weighted by atomic mass is 9.88. The molecule has 0 radical (unpaired) electrons. The van der Waals surface area contributed by atoms with Gasteiger partial charge in [-0.1, -0.05) is 30.3 Å². The molecule has 2 aromatic rings. The molecule has 6 nitrogen and oxygen atoms in total. The number of hydrogen-bond acceptors (Lipinski definition) is 4. The smallest absolute Gasteiger partial charge is 0.261 e.